The summed E-state index contributed by atoms with van der Waals surface area (Å²) in [4.78, 5) is 11.2. The molecule has 0 aliphatic carbocycles. The van der Waals surface area contributed by atoms with E-state index in [4.69, 9.17) is 10.5 Å². The Bertz CT molecular complexity index is 430. The quantitative estimate of drug-likeness (QED) is 0.803. The molecule has 1 aromatic carbocycles. The number of nitrogens with one attached hydrogen (secondary N) is 1. The highest BCUT2D eigenvalue weighted by atomic mass is 16.5. The summed E-state index contributed by atoms with van der Waals surface area (Å²) in [6.07, 6.45) is 0. The summed E-state index contributed by atoms with van der Waals surface area (Å²) < 4.78 is 5.71. The van der Waals surface area contributed by atoms with Gasteiger partial charge in [0, 0.05) is 0 Å². The van der Waals surface area contributed by atoms with Crippen molar-refractivity contribution in [2.45, 2.75) is 33.7 Å². The fourth-order valence-corrected chi connectivity index (χ4v) is 1.81. The van der Waals surface area contributed by atoms with Gasteiger partial charge < -0.3 is 15.8 Å². The molecule has 0 bridgehead atoms. The molecule has 3 N–H and O–H groups in total. The van der Waals surface area contributed by atoms with Crippen molar-refractivity contribution in [3.8, 4) is 5.75 Å². The van der Waals surface area contributed by atoms with Gasteiger partial charge in [-0.2, -0.15) is 0 Å². The number of rotatable bonds is 6. The molecule has 18 heavy (non-hydrogen) atoms. The van der Waals surface area contributed by atoms with E-state index in [1.54, 1.807) is 0 Å². The molecule has 0 aliphatic heterocycles. The van der Waals surface area contributed by atoms with Crippen LogP contribution in [0.3, 0.4) is 0 Å². The number of hydrogen-bond acceptors (Lipinski definition) is 3. The van der Waals surface area contributed by atoms with Crippen molar-refractivity contribution in [1.29, 1.82) is 0 Å². The Hall–Kier alpha value is -1.55. The molecule has 0 saturated carbocycles. The van der Waals surface area contributed by atoms with E-state index in [0.29, 0.717) is 6.54 Å². The van der Waals surface area contributed by atoms with E-state index in [1.807, 2.05) is 33.8 Å². The molecule has 0 radical (unpaired) electrons. The van der Waals surface area contributed by atoms with Crippen molar-refractivity contribution in [2.24, 2.45) is 5.73 Å². The average Bonchev–Trinajstić information content (AvgIpc) is 2.29. The Morgan fingerprint density at radius 1 is 1.39 bits per heavy atom. The van der Waals surface area contributed by atoms with Gasteiger partial charge in [-0.3, -0.25) is 4.79 Å². The first-order chi connectivity index (χ1) is 8.45. The van der Waals surface area contributed by atoms with Crippen molar-refractivity contribution in [1.82, 2.24) is 5.32 Å². The number of amides is 1. The topological polar surface area (TPSA) is 64.3 Å². The summed E-state index contributed by atoms with van der Waals surface area (Å²) in [6, 6.07) is 3.64. The second kappa shape index (κ2) is 6.40. The van der Waals surface area contributed by atoms with Crippen LogP contribution < -0.4 is 15.8 Å². The lowest BCUT2D eigenvalue weighted by molar-refractivity contribution is -0.120. The Morgan fingerprint density at radius 2 is 2.06 bits per heavy atom. The number of likely N-dealkylation sites (N-methyl/N-ethyl adjacent to an activating group) is 1. The van der Waals surface area contributed by atoms with E-state index in [2.05, 4.69) is 11.4 Å². The van der Waals surface area contributed by atoms with Crippen molar-refractivity contribution in [3.63, 3.8) is 0 Å². The Kier molecular flexibility index (Phi) is 5.16. The number of aryl methyl sites for hydroxylation is 2. The predicted molar refractivity (Wildman–Crippen MR) is 72.8 cm³/mol. The highest BCUT2D eigenvalue weighted by Gasteiger charge is 2.15. The molecule has 1 unspecified atom stereocenters. The van der Waals surface area contributed by atoms with Gasteiger partial charge in [0.2, 0.25) is 5.91 Å². The molecule has 1 rings (SSSR count). The molecular weight excluding hydrogens is 228 g/mol. The van der Waals surface area contributed by atoms with Gasteiger partial charge in [-0.15, -0.1) is 0 Å². The summed E-state index contributed by atoms with van der Waals surface area (Å²) in [5.74, 6) is 0.426. The summed E-state index contributed by atoms with van der Waals surface area (Å²) in [7, 11) is 0. The standard InChI is InChI=1S/C14H22N2O2/c1-5-16-12(14(15)17)8-18-13-7-9(2)6-10(3)11(13)4/h6-7,12,16H,5,8H2,1-4H3,(H2,15,17). The number of carbonyl (C=O) groups is 1. The van der Waals surface area contributed by atoms with Gasteiger partial charge in [0.25, 0.3) is 0 Å². The molecule has 0 saturated heterocycles. The van der Waals surface area contributed by atoms with E-state index in [0.717, 1.165) is 16.9 Å². The lowest BCUT2D eigenvalue weighted by Crippen LogP contribution is -2.45. The molecule has 100 valence electrons. The minimum absolute atomic E-state index is 0.257. The third-order valence-electron chi connectivity index (χ3n) is 2.96. The molecular formula is C14H22N2O2. The largest absolute Gasteiger partial charge is 0.491 e. The fraction of sp³-hybridized carbons (Fsp3) is 0.500. The van der Waals surface area contributed by atoms with Crippen LogP contribution >= 0.6 is 0 Å². The molecule has 0 aromatic heterocycles. The fourth-order valence-electron chi connectivity index (χ4n) is 1.81. The minimum Gasteiger partial charge on any atom is -0.491 e. The number of hydrogen-bond donors (Lipinski definition) is 2. The zero-order valence-corrected chi connectivity index (χ0v) is 11.5. The Labute approximate surface area is 109 Å². The normalized spacial score (nSPS) is 12.2. The molecule has 4 heteroatoms. The maximum Gasteiger partial charge on any atom is 0.238 e. The SMILES string of the molecule is CCNC(COc1cc(C)cc(C)c1C)C(N)=O. The number of carbonyl (C=O) groups excluding carboxylic acids is 1. The first kappa shape index (κ1) is 14.5. The first-order valence-electron chi connectivity index (χ1n) is 6.19. The molecule has 0 spiro atoms. The summed E-state index contributed by atoms with van der Waals surface area (Å²) in [5.41, 5.74) is 8.73. The van der Waals surface area contributed by atoms with Gasteiger partial charge in [0.1, 0.15) is 18.4 Å². The Balaban J connectivity index is 2.76. The number of ether oxygens (including phenoxy) is 1. The van der Waals surface area contributed by atoms with Crippen molar-refractivity contribution >= 4 is 5.91 Å². The molecule has 1 amide bonds. The maximum atomic E-state index is 11.2. The van der Waals surface area contributed by atoms with Crippen LogP contribution in [0.1, 0.15) is 23.6 Å². The zero-order chi connectivity index (χ0) is 13.7. The van der Waals surface area contributed by atoms with E-state index >= 15 is 0 Å². The second-order valence-electron chi connectivity index (χ2n) is 4.53. The molecule has 1 aromatic rings. The van der Waals surface area contributed by atoms with Crippen molar-refractivity contribution < 1.29 is 9.53 Å². The Morgan fingerprint density at radius 3 is 2.61 bits per heavy atom. The lowest BCUT2D eigenvalue weighted by atomic mass is 10.1. The van der Waals surface area contributed by atoms with Crippen LogP contribution in [0.2, 0.25) is 0 Å². The lowest BCUT2D eigenvalue weighted by Gasteiger charge is -2.17. The van der Waals surface area contributed by atoms with Gasteiger partial charge in [-0.25, -0.2) is 0 Å². The van der Waals surface area contributed by atoms with E-state index in [1.165, 1.54) is 5.56 Å². The van der Waals surface area contributed by atoms with Crippen LogP contribution in [-0.2, 0) is 4.79 Å². The third kappa shape index (κ3) is 3.74. The van der Waals surface area contributed by atoms with Gasteiger partial charge in [0.15, 0.2) is 0 Å². The molecule has 0 heterocycles. The smallest absolute Gasteiger partial charge is 0.238 e. The van der Waals surface area contributed by atoms with Crippen LogP contribution in [0.4, 0.5) is 0 Å². The second-order valence-corrected chi connectivity index (χ2v) is 4.53. The van der Waals surface area contributed by atoms with Gasteiger partial charge in [-0.1, -0.05) is 13.0 Å². The van der Waals surface area contributed by atoms with Gasteiger partial charge in [-0.05, 0) is 50.1 Å². The highest BCUT2D eigenvalue weighted by molar-refractivity contribution is 5.80. The van der Waals surface area contributed by atoms with Crippen LogP contribution in [-0.4, -0.2) is 25.1 Å². The molecule has 0 aliphatic rings. The van der Waals surface area contributed by atoms with Crippen molar-refractivity contribution in [3.05, 3.63) is 28.8 Å². The van der Waals surface area contributed by atoms with E-state index < -0.39 is 6.04 Å². The average molecular weight is 250 g/mol. The monoisotopic (exact) mass is 250 g/mol. The molecule has 0 fully saturated rings. The number of benzene rings is 1. The minimum atomic E-state index is -0.449. The van der Waals surface area contributed by atoms with Gasteiger partial charge in [0.05, 0.1) is 0 Å². The highest BCUT2D eigenvalue weighted by Crippen LogP contribution is 2.23. The van der Waals surface area contributed by atoms with Crippen molar-refractivity contribution in [2.75, 3.05) is 13.2 Å². The van der Waals surface area contributed by atoms with E-state index in [9.17, 15) is 4.79 Å². The van der Waals surface area contributed by atoms with Crippen LogP contribution in [0, 0.1) is 20.8 Å². The summed E-state index contributed by atoms with van der Waals surface area (Å²) >= 11 is 0. The van der Waals surface area contributed by atoms with Crippen LogP contribution in [0.25, 0.3) is 0 Å². The summed E-state index contributed by atoms with van der Waals surface area (Å²) in [5, 5.41) is 3.00. The third-order valence-corrected chi connectivity index (χ3v) is 2.96. The van der Waals surface area contributed by atoms with Crippen LogP contribution in [0.5, 0.6) is 5.75 Å². The summed E-state index contributed by atoms with van der Waals surface area (Å²) in [6.45, 7) is 8.95. The zero-order valence-electron chi connectivity index (χ0n) is 11.5. The predicted octanol–water partition coefficient (Wildman–Crippen LogP) is 1.45. The molecule has 4 nitrogen and oxygen atoms in total. The molecule has 1 atom stereocenters. The maximum absolute atomic E-state index is 11.2. The van der Waals surface area contributed by atoms with Gasteiger partial charge >= 0.3 is 0 Å². The van der Waals surface area contributed by atoms with Crippen LogP contribution in [0.15, 0.2) is 12.1 Å². The first-order valence-corrected chi connectivity index (χ1v) is 6.19. The van der Waals surface area contributed by atoms with E-state index in [-0.39, 0.29) is 12.5 Å². The number of primary amides is 1. The number of nitrogens with two attached hydrogens (primary N) is 1.